The number of aromatic nitrogens is 3. The number of nitrogens with one attached hydrogen (secondary N) is 3. The fourth-order valence-electron chi connectivity index (χ4n) is 5.22. The number of hydrogen-bond acceptors (Lipinski definition) is 7. The van der Waals surface area contributed by atoms with Gasteiger partial charge in [-0.25, -0.2) is 4.52 Å². The lowest BCUT2D eigenvalue weighted by Gasteiger charge is -2.25. The van der Waals surface area contributed by atoms with Crippen LogP contribution < -0.4 is 21.5 Å². The molecule has 3 aromatic rings. The van der Waals surface area contributed by atoms with Crippen LogP contribution in [-0.2, 0) is 9.47 Å². The van der Waals surface area contributed by atoms with Crippen LogP contribution >= 0.6 is 11.6 Å². The number of nitrogens with zero attached hydrogens (tertiary/aromatic N) is 3. The second-order valence-corrected chi connectivity index (χ2v) is 9.82. The van der Waals surface area contributed by atoms with Gasteiger partial charge in [-0.05, 0) is 25.0 Å². The van der Waals surface area contributed by atoms with E-state index in [0.29, 0.717) is 71.6 Å². The van der Waals surface area contributed by atoms with E-state index in [1.807, 2.05) is 12.1 Å². The molecule has 3 fully saturated rings. The van der Waals surface area contributed by atoms with Crippen LogP contribution in [0.2, 0.25) is 5.02 Å². The summed E-state index contributed by atoms with van der Waals surface area (Å²) >= 11 is 6.38. The Morgan fingerprint density at radius 2 is 2.00 bits per heavy atom. The van der Waals surface area contributed by atoms with Crippen molar-refractivity contribution in [2.45, 2.75) is 24.9 Å². The highest BCUT2D eigenvalue weighted by molar-refractivity contribution is 6.30. The molecule has 3 N–H and O–H groups in total. The lowest BCUT2D eigenvalue weighted by atomic mass is 10.1. The lowest BCUT2D eigenvalue weighted by Crippen LogP contribution is -2.31. The van der Waals surface area contributed by atoms with E-state index in [-0.39, 0.29) is 23.6 Å². The maximum absolute atomic E-state index is 13.3. The molecule has 0 radical (unpaired) electrons. The lowest BCUT2D eigenvalue weighted by molar-refractivity contribution is 0.0581. The van der Waals surface area contributed by atoms with Crippen molar-refractivity contribution in [1.82, 2.24) is 19.5 Å². The summed E-state index contributed by atoms with van der Waals surface area (Å²) in [7, 11) is 1.78. The summed E-state index contributed by atoms with van der Waals surface area (Å²) in [6.07, 6.45) is 4.99. The molecule has 1 unspecified atom stereocenters. The molecule has 2 saturated heterocycles. The fraction of sp³-hybridized carbons (Fsp3) is 0.458. The van der Waals surface area contributed by atoms with Crippen molar-refractivity contribution >= 4 is 40.2 Å². The zero-order valence-corrected chi connectivity index (χ0v) is 20.0. The quantitative estimate of drug-likeness (QED) is 0.479. The minimum Gasteiger partial charge on any atom is -0.381 e. The first-order chi connectivity index (χ1) is 17.0. The molecule has 0 bridgehead atoms. The zero-order chi connectivity index (χ0) is 24.1. The number of ether oxygens (including phenoxy) is 2. The highest BCUT2D eigenvalue weighted by Gasteiger charge is 2.54. The summed E-state index contributed by atoms with van der Waals surface area (Å²) < 4.78 is 14.3. The van der Waals surface area contributed by atoms with Crippen LogP contribution in [0.15, 0.2) is 35.4 Å². The van der Waals surface area contributed by atoms with Gasteiger partial charge in [0.2, 0.25) is 0 Å². The van der Waals surface area contributed by atoms with Gasteiger partial charge in [0.05, 0.1) is 48.2 Å². The second kappa shape index (κ2) is 8.85. The highest BCUT2D eigenvalue weighted by Crippen LogP contribution is 2.44. The largest absolute Gasteiger partial charge is 0.381 e. The summed E-state index contributed by atoms with van der Waals surface area (Å²) in [5.74, 6) is 1.32. The summed E-state index contributed by atoms with van der Waals surface area (Å²) in [6, 6.07) is 5.37. The average Bonchev–Trinajstić information content (AvgIpc) is 3.22. The van der Waals surface area contributed by atoms with E-state index in [2.05, 4.69) is 21.0 Å². The molecule has 0 aromatic carbocycles. The van der Waals surface area contributed by atoms with Crippen LogP contribution in [0.25, 0.3) is 5.52 Å². The normalized spacial score (nSPS) is 25.3. The Kier molecular flexibility index (Phi) is 5.66. The highest BCUT2D eigenvalue weighted by atomic mass is 35.5. The van der Waals surface area contributed by atoms with Crippen molar-refractivity contribution in [3.63, 3.8) is 0 Å². The number of amides is 1. The van der Waals surface area contributed by atoms with Crippen LogP contribution in [0, 0.1) is 11.8 Å². The van der Waals surface area contributed by atoms with Gasteiger partial charge < -0.3 is 30.0 Å². The summed E-state index contributed by atoms with van der Waals surface area (Å²) in [5.41, 5.74) is 1.91. The van der Waals surface area contributed by atoms with Crippen molar-refractivity contribution in [1.29, 1.82) is 0 Å². The van der Waals surface area contributed by atoms with E-state index < -0.39 is 0 Å². The van der Waals surface area contributed by atoms with Crippen LogP contribution in [0.3, 0.4) is 0 Å². The molecule has 1 saturated carbocycles. The van der Waals surface area contributed by atoms with Gasteiger partial charge in [-0.3, -0.25) is 9.59 Å². The molecule has 35 heavy (non-hydrogen) atoms. The fourth-order valence-corrected chi connectivity index (χ4v) is 5.44. The third-order valence-corrected chi connectivity index (χ3v) is 7.39. The van der Waals surface area contributed by atoms with Gasteiger partial charge in [0.15, 0.2) is 0 Å². The molecule has 3 aliphatic rings. The van der Waals surface area contributed by atoms with Crippen molar-refractivity contribution in [3.8, 4) is 0 Å². The Morgan fingerprint density at radius 3 is 2.74 bits per heavy atom. The van der Waals surface area contributed by atoms with Gasteiger partial charge >= 0.3 is 0 Å². The van der Waals surface area contributed by atoms with Gasteiger partial charge in [0.25, 0.3) is 11.5 Å². The first-order valence-electron chi connectivity index (χ1n) is 11.9. The number of halogens is 1. The van der Waals surface area contributed by atoms with Crippen LogP contribution in [0.5, 0.6) is 0 Å². The van der Waals surface area contributed by atoms with E-state index in [9.17, 15) is 9.59 Å². The second-order valence-electron chi connectivity index (χ2n) is 9.38. The predicted molar refractivity (Wildman–Crippen MR) is 132 cm³/mol. The van der Waals surface area contributed by atoms with Gasteiger partial charge in [0, 0.05) is 49.5 Å². The number of hydrogen-bond donors (Lipinski definition) is 3. The molecular weight excluding hydrogens is 472 g/mol. The topological polar surface area (TPSA) is 111 Å². The molecule has 4 atom stereocenters. The minimum atomic E-state index is -0.176. The molecule has 184 valence electrons. The number of rotatable bonds is 6. The Morgan fingerprint density at radius 1 is 1.17 bits per heavy atom. The third-order valence-electron chi connectivity index (χ3n) is 7.19. The SMILES string of the molecule is CNc1cc(Nc2cc(Cl)cn([C@H]3CCCOC3)c2=O)cc2c(C(=O)NC3[C@H]4COC[C@@H]34)cnn12. The molecule has 11 heteroatoms. The first-order valence-corrected chi connectivity index (χ1v) is 12.3. The molecule has 1 aliphatic carbocycles. The summed E-state index contributed by atoms with van der Waals surface area (Å²) in [5, 5.41) is 14.3. The Hall–Kier alpha value is -3.08. The van der Waals surface area contributed by atoms with Crippen molar-refractivity contribution < 1.29 is 14.3 Å². The summed E-state index contributed by atoms with van der Waals surface area (Å²) in [6.45, 7) is 2.60. The Balaban J connectivity index is 1.32. The van der Waals surface area contributed by atoms with E-state index in [0.717, 1.165) is 12.8 Å². The van der Waals surface area contributed by atoms with E-state index in [4.69, 9.17) is 21.1 Å². The van der Waals surface area contributed by atoms with Crippen LogP contribution in [0.4, 0.5) is 17.2 Å². The maximum atomic E-state index is 13.3. The molecule has 10 nitrogen and oxygen atoms in total. The van der Waals surface area contributed by atoms with Gasteiger partial charge in [-0.15, -0.1) is 0 Å². The minimum absolute atomic E-state index is 0.0525. The van der Waals surface area contributed by atoms with Gasteiger partial charge in [-0.2, -0.15) is 5.10 Å². The van der Waals surface area contributed by atoms with Crippen molar-refractivity contribution in [3.05, 3.63) is 51.5 Å². The summed E-state index contributed by atoms with van der Waals surface area (Å²) in [4.78, 5) is 26.3. The van der Waals surface area contributed by atoms with Crippen LogP contribution in [-0.4, -0.2) is 59.6 Å². The Bertz CT molecular complexity index is 1340. The molecule has 6 rings (SSSR count). The van der Waals surface area contributed by atoms with Crippen LogP contribution in [0.1, 0.15) is 29.2 Å². The molecule has 0 spiro atoms. The number of pyridine rings is 2. The first kappa shape index (κ1) is 22.4. The number of carbonyl (C=O) groups is 1. The third kappa shape index (κ3) is 4.05. The Labute approximate surface area is 206 Å². The number of fused-ring (bicyclic) bond motifs is 2. The van der Waals surface area contributed by atoms with E-state index >= 15 is 0 Å². The van der Waals surface area contributed by atoms with E-state index in [1.54, 1.807) is 34.6 Å². The molecule has 3 aromatic heterocycles. The molecule has 2 aliphatic heterocycles. The van der Waals surface area contributed by atoms with Crippen molar-refractivity contribution in [2.75, 3.05) is 44.1 Å². The predicted octanol–water partition coefficient (Wildman–Crippen LogP) is 2.66. The standard InChI is InChI=1S/C24H27ClN6O4/c1-26-21-7-14(28-19-5-13(25)9-30(24(19)33)15-3-2-4-34-10-15)6-20-16(8-27-31(20)21)23(32)29-22-17-11-35-12-18(17)22/h5-9,15,17-18,22,26,28H,2-4,10-12H2,1H3,(H,29,32)/t15-,17-,18+,22?/m0/s1. The van der Waals surface area contributed by atoms with Gasteiger partial charge in [-0.1, -0.05) is 11.6 Å². The molecular formula is C24H27ClN6O4. The van der Waals surface area contributed by atoms with Gasteiger partial charge in [0.1, 0.15) is 11.5 Å². The number of carbonyl (C=O) groups excluding carboxylic acids is 1. The maximum Gasteiger partial charge on any atom is 0.274 e. The van der Waals surface area contributed by atoms with E-state index in [1.165, 1.54) is 0 Å². The smallest absolute Gasteiger partial charge is 0.274 e. The van der Waals surface area contributed by atoms with Crippen molar-refractivity contribution in [2.24, 2.45) is 11.8 Å². The molecule has 1 amide bonds. The average molecular weight is 499 g/mol. The monoisotopic (exact) mass is 498 g/mol. The number of anilines is 3. The zero-order valence-electron chi connectivity index (χ0n) is 19.3. The molecule has 5 heterocycles.